The van der Waals surface area contributed by atoms with Crippen molar-refractivity contribution in [3.05, 3.63) is 95.3 Å². The summed E-state index contributed by atoms with van der Waals surface area (Å²) in [6.45, 7) is 2.03. The van der Waals surface area contributed by atoms with E-state index in [1.807, 2.05) is 61.8 Å². The normalized spacial score (nSPS) is 11.6. The van der Waals surface area contributed by atoms with Crippen molar-refractivity contribution >= 4 is 46.0 Å². The van der Waals surface area contributed by atoms with Crippen LogP contribution in [-0.4, -0.2) is 10.1 Å². The summed E-state index contributed by atoms with van der Waals surface area (Å²) in [7, 11) is 0. The summed E-state index contributed by atoms with van der Waals surface area (Å²) >= 11 is 11.6. The minimum atomic E-state index is 0.0717. The molecule has 26 heavy (non-hydrogen) atoms. The molecular weight excluding hydrogens is 364 g/mol. The Morgan fingerprint density at radius 2 is 1.58 bits per heavy atom. The first-order chi connectivity index (χ1) is 12.5. The topological polar surface area (TPSA) is 36.1 Å². The molecule has 0 aliphatic rings. The molecular formula is C21H18ClN2OS+. The van der Waals surface area contributed by atoms with Gasteiger partial charge in [-0.1, -0.05) is 47.6 Å². The van der Waals surface area contributed by atoms with Gasteiger partial charge in [0.15, 0.2) is 23.1 Å². The largest absolute Gasteiger partial charge is 0.502 e. The Kier molecular flexibility index (Phi) is 5.66. The van der Waals surface area contributed by atoms with Gasteiger partial charge in [-0.25, -0.2) is 0 Å². The fourth-order valence-corrected chi connectivity index (χ4v) is 2.91. The standard InChI is InChI=1S/C21H17ClN2OS/c1-15-5-11-18(12-6-15)23-21(26)19(24-13-3-2-4-14-24)20(25)16-7-9-17(22)10-8-16/h2-14H,1H3,(H-,23,25,26)/p+1. The summed E-state index contributed by atoms with van der Waals surface area (Å²) in [5.74, 6) is 0.0717. The molecule has 0 atom stereocenters. The minimum Gasteiger partial charge on any atom is -0.502 e. The van der Waals surface area contributed by atoms with Crippen molar-refractivity contribution in [2.45, 2.75) is 6.92 Å². The molecule has 0 fully saturated rings. The number of rotatable bonds is 4. The second-order valence-electron chi connectivity index (χ2n) is 5.81. The Morgan fingerprint density at radius 1 is 0.962 bits per heavy atom. The van der Waals surface area contributed by atoms with Crippen LogP contribution in [0.5, 0.6) is 0 Å². The third-order valence-corrected chi connectivity index (χ3v) is 4.39. The average Bonchev–Trinajstić information content (AvgIpc) is 2.65. The van der Waals surface area contributed by atoms with Gasteiger partial charge in [-0.2, -0.15) is 4.57 Å². The van der Waals surface area contributed by atoms with Crippen molar-refractivity contribution in [2.75, 3.05) is 5.32 Å². The molecule has 0 spiro atoms. The molecule has 0 unspecified atom stereocenters. The molecule has 0 bridgehead atoms. The van der Waals surface area contributed by atoms with Gasteiger partial charge in [0, 0.05) is 28.4 Å². The molecule has 1 aromatic heterocycles. The summed E-state index contributed by atoms with van der Waals surface area (Å²) in [6, 6.07) is 20.6. The van der Waals surface area contributed by atoms with Gasteiger partial charge < -0.3 is 10.4 Å². The van der Waals surface area contributed by atoms with Crippen LogP contribution in [0.25, 0.3) is 11.5 Å². The van der Waals surface area contributed by atoms with E-state index in [0.717, 1.165) is 5.69 Å². The Morgan fingerprint density at radius 3 is 2.19 bits per heavy atom. The van der Waals surface area contributed by atoms with Gasteiger partial charge in [0.2, 0.25) is 0 Å². The quantitative estimate of drug-likeness (QED) is 0.280. The van der Waals surface area contributed by atoms with Crippen molar-refractivity contribution in [1.82, 2.24) is 0 Å². The number of nitrogens with one attached hydrogen (secondary N) is 1. The number of benzene rings is 2. The van der Waals surface area contributed by atoms with E-state index in [1.165, 1.54) is 5.56 Å². The first-order valence-electron chi connectivity index (χ1n) is 8.08. The molecule has 2 aromatic carbocycles. The Labute approximate surface area is 163 Å². The van der Waals surface area contributed by atoms with Gasteiger partial charge >= 0.3 is 0 Å². The number of aromatic nitrogens is 1. The van der Waals surface area contributed by atoms with Crippen LogP contribution >= 0.6 is 23.8 Å². The van der Waals surface area contributed by atoms with Crippen LogP contribution in [0.4, 0.5) is 5.69 Å². The second-order valence-corrected chi connectivity index (χ2v) is 6.65. The molecule has 5 heteroatoms. The highest BCUT2D eigenvalue weighted by atomic mass is 35.5. The summed E-state index contributed by atoms with van der Waals surface area (Å²) < 4.78 is 1.79. The average molecular weight is 382 g/mol. The summed E-state index contributed by atoms with van der Waals surface area (Å²) in [4.78, 5) is 0.414. The van der Waals surface area contributed by atoms with Crippen LogP contribution in [0.1, 0.15) is 11.1 Å². The molecule has 0 radical (unpaired) electrons. The van der Waals surface area contributed by atoms with E-state index in [-0.39, 0.29) is 5.76 Å². The fourth-order valence-electron chi connectivity index (χ4n) is 2.47. The highest BCUT2D eigenvalue weighted by molar-refractivity contribution is 7.81. The summed E-state index contributed by atoms with van der Waals surface area (Å²) in [6.07, 6.45) is 3.68. The van der Waals surface area contributed by atoms with Gasteiger partial charge in [0.1, 0.15) is 0 Å². The fraction of sp³-hybridized carbons (Fsp3) is 0.0476. The maximum atomic E-state index is 10.9. The van der Waals surface area contributed by atoms with Crippen LogP contribution in [0.2, 0.25) is 5.02 Å². The van der Waals surface area contributed by atoms with Crippen LogP contribution < -0.4 is 9.88 Å². The maximum absolute atomic E-state index is 10.9. The van der Waals surface area contributed by atoms with Crippen LogP contribution in [0.3, 0.4) is 0 Å². The first-order valence-corrected chi connectivity index (χ1v) is 8.87. The predicted octanol–water partition coefficient (Wildman–Crippen LogP) is 5.26. The van der Waals surface area contributed by atoms with Gasteiger partial charge in [-0.15, -0.1) is 0 Å². The van der Waals surface area contributed by atoms with Gasteiger partial charge in [0.05, 0.1) is 0 Å². The van der Waals surface area contributed by atoms with Crippen molar-refractivity contribution < 1.29 is 9.67 Å². The number of anilines is 1. The molecule has 3 nitrogen and oxygen atoms in total. The number of aliphatic hydroxyl groups is 1. The monoisotopic (exact) mass is 381 g/mol. The number of thiocarbonyl (C=S) groups is 1. The molecule has 0 saturated carbocycles. The summed E-state index contributed by atoms with van der Waals surface area (Å²) in [5.41, 5.74) is 3.15. The van der Waals surface area contributed by atoms with E-state index in [1.54, 1.807) is 28.8 Å². The number of aryl methyl sites for hydroxylation is 1. The lowest BCUT2D eigenvalue weighted by molar-refractivity contribution is -0.575. The zero-order valence-corrected chi connectivity index (χ0v) is 15.8. The molecule has 1 heterocycles. The van der Waals surface area contributed by atoms with E-state index < -0.39 is 0 Å². The molecule has 0 saturated heterocycles. The van der Waals surface area contributed by atoms with Gasteiger partial charge in [-0.05, 0) is 43.3 Å². The minimum absolute atomic E-state index is 0.0717. The van der Waals surface area contributed by atoms with Crippen molar-refractivity contribution in [3.8, 4) is 0 Å². The number of halogens is 1. The molecule has 0 aliphatic heterocycles. The highest BCUT2D eigenvalue weighted by Crippen LogP contribution is 2.21. The lowest BCUT2D eigenvalue weighted by Gasteiger charge is -2.10. The van der Waals surface area contributed by atoms with Gasteiger partial charge in [0.25, 0.3) is 5.70 Å². The molecule has 0 aliphatic carbocycles. The van der Waals surface area contributed by atoms with E-state index in [4.69, 9.17) is 23.8 Å². The number of hydrogen-bond donors (Lipinski definition) is 2. The Hall–Kier alpha value is -2.69. The smallest absolute Gasteiger partial charge is 0.288 e. The summed E-state index contributed by atoms with van der Waals surface area (Å²) in [5, 5.41) is 14.7. The number of pyridine rings is 1. The van der Waals surface area contributed by atoms with Crippen molar-refractivity contribution in [2.24, 2.45) is 0 Å². The zero-order valence-electron chi connectivity index (χ0n) is 14.2. The SMILES string of the molecule is Cc1ccc(NC(=S)/C(=C(/O)c2ccc(Cl)cc2)[n+]2ccccc2)cc1. The third kappa shape index (κ3) is 4.28. The van der Waals surface area contributed by atoms with E-state index in [9.17, 15) is 5.11 Å². The van der Waals surface area contributed by atoms with Gasteiger partial charge in [-0.3, -0.25) is 0 Å². The zero-order chi connectivity index (χ0) is 18.5. The van der Waals surface area contributed by atoms with Crippen LogP contribution in [0, 0.1) is 6.92 Å². The van der Waals surface area contributed by atoms with E-state index >= 15 is 0 Å². The number of aliphatic hydroxyl groups excluding tert-OH is 1. The lowest BCUT2D eigenvalue weighted by atomic mass is 10.1. The molecule has 130 valence electrons. The number of hydrogen-bond acceptors (Lipinski definition) is 2. The van der Waals surface area contributed by atoms with Crippen LogP contribution in [-0.2, 0) is 0 Å². The Bertz CT molecular complexity index is 936. The lowest BCUT2D eigenvalue weighted by Crippen LogP contribution is -2.38. The van der Waals surface area contributed by atoms with E-state index in [2.05, 4.69) is 5.32 Å². The third-order valence-electron chi connectivity index (χ3n) is 3.84. The van der Waals surface area contributed by atoms with Crippen molar-refractivity contribution in [1.29, 1.82) is 0 Å². The highest BCUT2D eigenvalue weighted by Gasteiger charge is 2.23. The molecule has 2 N–H and O–H groups in total. The molecule has 3 aromatic rings. The second kappa shape index (κ2) is 8.13. The first kappa shape index (κ1) is 18.1. The van der Waals surface area contributed by atoms with E-state index in [0.29, 0.717) is 21.3 Å². The maximum Gasteiger partial charge on any atom is 0.288 e. The van der Waals surface area contributed by atoms with Crippen LogP contribution in [0.15, 0.2) is 79.1 Å². The molecule has 0 amide bonds. The number of nitrogens with zero attached hydrogens (tertiary/aromatic N) is 1. The molecule has 3 rings (SSSR count). The predicted molar refractivity (Wildman–Crippen MR) is 111 cm³/mol. The Balaban J connectivity index is 2.03. The van der Waals surface area contributed by atoms with Crippen molar-refractivity contribution in [3.63, 3.8) is 0 Å².